The van der Waals surface area contributed by atoms with Gasteiger partial charge in [0.2, 0.25) is 0 Å². The molecule has 3 heterocycles. The Hall–Kier alpha value is -4.89. The lowest BCUT2D eigenvalue weighted by molar-refractivity contribution is -0.0893. The van der Waals surface area contributed by atoms with Gasteiger partial charge in [0.25, 0.3) is 0 Å². The van der Waals surface area contributed by atoms with E-state index in [0.29, 0.717) is 25.0 Å². The number of nitrogens with zero attached hydrogens (tertiary/aromatic N) is 3. The number of rotatable bonds is 7. The molecule has 0 amide bonds. The molecule has 1 N–H and O–H groups in total. The Bertz CT molecular complexity index is 2440. The number of hydrogen-bond acceptors (Lipinski definition) is 7. The van der Waals surface area contributed by atoms with Gasteiger partial charge in [-0.15, -0.1) is 11.3 Å². The summed E-state index contributed by atoms with van der Waals surface area (Å²) < 4.78 is 14.9. The van der Waals surface area contributed by atoms with Crippen molar-refractivity contribution in [2.75, 3.05) is 0 Å². The molecule has 0 radical (unpaired) electrons. The van der Waals surface area contributed by atoms with Gasteiger partial charge in [-0.25, -0.2) is 15.0 Å². The fraction of sp³-hybridized carbons (Fsp3) is 0.154. The van der Waals surface area contributed by atoms with Gasteiger partial charge in [0.15, 0.2) is 17.5 Å². The molecule has 0 fully saturated rings. The zero-order valence-electron chi connectivity index (χ0n) is 26.6. The Balaban J connectivity index is 1.28. The van der Waals surface area contributed by atoms with Crippen LogP contribution in [0.25, 0.3) is 76.3 Å². The molecule has 0 aliphatic heterocycles. The van der Waals surface area contributed by atoms with E-state index in [1.807, 2.05) is 74.5 Å². The topological polar surface area (TPSA) is 81.3 Å². The molecule has 8 aromatic rings. The van der Waals surface area contributed by atoms with Crippen LogP contribution < -0.4 is 5.46 Å². The van der Waals surface area contributed by atoms with Gasteiger partial charge >= 0.3 is 7.48 Å². The Labute approximate surface area is 277 Å². The minimum Gasteiger partial charge on any atom is -0.455 e. The van der Waals surface area contributed by atoms with Crippen molar-refractivity contribution in [1.29, 1.82) is 0 Å². The number of hydrogen-bond donors (Lipinski definition) is 1. The third kappa shape index (κ3) is 5.19. The predicted molar refractivity (Wildman–Crippen MR) is 195 cm³/mol. The fourth-order valence-corrected chi connectivity index (χ4v) is 7.00. The Morgan fingerprint density at radius 2 is 1.32 bits per heavy atom. The largest absolute Gasteiger partial charge is 0.455 e. The zero-order valence-corrected chi connectivity index (χ0v) is 27.4. The summed E-state index contributed by atoms with van der Waals surface area (Å²) >= 11 is 1.73. The minimum atomic E-state index is -0.973. The molecular formula is C39H32BN3O3S. The maximum atomic E-state index is 10.6. The van der Waals surface area contributed by atoms with Crippen molar-refractivity contribution in [3.05, 3.63) is 109 Å². The summed E-state index contributed by atoms with van der Waals surface area (Å²) in [5, 5.41) is 14.9. The van der Waals surface area contributed by atoms with Crippen LogP contribution in [0.2, 0.25) is 0 Å². The first-order chi connectivity index (χ1) is 22.7. The summed E-state index contributed by atoms with van der Waals surface area (Å²) in [6, 6.07) is 37.0. The lowest BCUT2D eigenvalue weighted by Gasteiger charge is -2.37. The number of thiophene rings is 1. The quantitative estimate of drug-likeness (QED) is 0.177. The maximum Gasteiger partial charge on any atom is 0.309 e. The molecular weight excluding hydrogens is 601 g/mol. The fourth-order valence-electron chi connectivity index (χ4n) is 5.81. The summed E-state index contributed by atoms with van der Waals surface area (Å²) in [5.41, 5.74) is 3.64. The molecule has 8 heteroatoms. The molecule has 5 aromatic carbocycles. The second kappa shape index (κ2) is 11.1. The van der Waals surface area contributed by atoms with Crippen LogP contribution in [0.1, 0.15) is 27.7 Å². The van der Waals surface area contributed by atoms with E-state index in [4.69, 9.17) is 24.0 Å². The van der Waals surface area contributed by atoms with E-state index in [1.165, 1.54) is 4.70 Å². The SMILES string of the molecule is CC(C)(O)C(C)(C)OBc1ccc2sc3c(-c4nc(-c5ccccc5)nc(-c5cccc6c5oc5ccccc56)n4)cccc3c2c1. The molecule has 3 aromatic heterocycles. The van der Waals surface area contributed by atoms with E-state index >= 15 is 0 Å². The standard InChI is InChI=1S/C39H32BN3O3S/c1-38(2,44)39(3,4)46-40-24-20-21-32-30(22-24)27-16-11-18-29(34(27)47-32)37-42-35(23-12-6-5-7-13-23)41-36(43-37)28-17-10-15-26-25-14-8-9-19-31(25)45-33(26)28/h5-22,40,44H,1-4H3. The molecule has 0 aliphatic carbocycles. The minimum absolute atomic E-state index is 0.397. The van der Waals surface area contributed by atoms with Crippen LogP contribution >= 0.6 is 11.3 Å². The number of benzene rings is 5. The van der Waals surface area contributed by atoms with E-state index in [2.05, 4.69) is 48.5 Å². The van der Waals surface area contributed by atoms with Gasteiger partial charge in [-0.05, 0) is 57.3 Å². The van der Waals surface area contributed by atoms with Gasteiger partial charge in [0.05, 0.1) is 16.8 Å². The van der Waals surface area contributed by atoms with Crippen LogP contribution in [0, 0.1) is 0 Å². The average molecular weight is 634 g/mol. The molecule has 8 rings (SSSR count). The van der Waals surface area contributed by atoms with Crippen molar-refractivity contribution in [3.8, 4) is 34.2 Å². The van der Waals surface area contributed by atoms with Gasteiger partial charge in [-0.2, -0.15) is 0 Å². The highest BCUT2D eigenvalue weighted by atomic mass is 32.1. The number of aliphatic hydroxyl groups is 1. The Morgan fingerprint density at radius 3 is 2.11 bits per heavy atom. The Kier molecular flexibility index (Phi) is 6.99. The summed E-state index contributed by atoms with van der Waals surface area (Å²) in [6.07, 6.45) is 0. The second-order valence-electron chi connectivity index (χ2n) is 12.9. The second-order valence-corrected chi connectivity index (χ2v) is 14.0. The van der Waals surface area contributed by atoms with Crippen LogP contribution in [-0.2, 0) is 4.65 Å². The van der Waals surface area contributed by atoms with Gasteiger partial charge in [0, 0.05) is 36.7 Å². The molecule has 0 unspecified atom stereocenters. The lowest BCUT2D eigenvalue weighted by atomic mass is 9.82. The molecule has 0 spiro atoms. The van der Waals surface area contributed by atoms with Crippen molar-refractivity contribution >= 4 is 66.4 Å². The van der Waals surface area contributed by atoms with Gasteiger partial charge in [-0.1, -0.05) is 90.4 Å². The summed E-state index contributed by atoms with van der Waals surface area (Å²) in [5.74, 6) is 1.77. The highest BCUT2D eigenvalue weighted by molar-refractivity contribution is 7.26. The van der Waals surface area contributed by atoms with Crippen molar-refractivity contribution in [1.82, 2.24) is 15.0 Å². The predicted octanol–water partition coefficient (Wildman–Crippen LogP) is 8.68. The smallest absolute Gasteiger partial charge is 0.309 e. The van der Waals surface area contributed by atoms with Crippen LogP contribution in [0.4, 0.5) is 0 Å². The highest BCUT2D eigenvalue weighted by Crippen LogP contribution is 2.40. The first kappa shape index (κ1) is 29.5. The number of aromatic nitrogens is 3. The first-order valence-corrected chi connectivity index (χ1v) is 16.5. The maximum absolute atomic E-state index is 10.6. The van der Waals surface area contributed by atoms with Crippen molar-refractivity contribution in [2.45, 2.75) is 38.9 Å². The zero-order chi connectivity index (χ0) is 32.3. The summed E-state index contributed by atoms with van der Waals surface area (Å²) in [6.45, 7) is 7.38. The van der Waals surface area contributed by atoms with Crippen LogP contribution in [-0.4, -0.2) is 38.7 Å². The molecule has 0 atom stereocenters. The monoisotopic (exact) mass is 633 g/mol. The molecule has 230 valence electrons. The van der Waals surface area contributed by atoms with Crippen LogP contribution in [0.15, 0.2) is 114 Å². The average Bonchev–Trinajstić information content (AvgIpc) is 3.65. The van der Waals surface area contributed by atoms with E-state index in [-0.39, 0.29) is 0 Å². The van der Waals surface area contributed by atoms with Crippen LogP contribution in [0.3, 0.4) is 0 Å². The van der Waals surface area contributed by atoms with E-state index < -0.39 is 11.2 Å². The molecule has 47 heavy (non-hydrogen) atoms. The Morgan fingerprint density at radius 1 is 0.660 bits per heavy atom. The number of para-hydroxylation sites is 2. The van der Waals surface area contributed by atoms with Crippen LogP contribution in [0.5, 0.6) is 0 Å². The van der Waals surface area contributed by atoms with E-state index in [0.717, 1.165) is 59.6 Å². The summed E-state index contributed by atoms with van der Waals surface area (Å²) in [4.78, 5) is 15.2. The van der Waals surface area contributed by atoms with Crippen molar-refractivity contribution in [3.63, 3.8) is 0 Å². The summed E-state index contributed by atoms with van der Waals surface area (Å²) in [7, 11) is 0.397. The third-order valence-corrected chi connectivity index (χ3v) is 10.4. The van der Waals surface area contributed by atoms with E-state index in [1.54, 1.807) is 25.2 Å². The lowest BCUT2D eigenvalue weighted by Crippen LogP contribution is -2.49. The molecule has 0 saturated carbocycles. The van der Waals surface area contributed by atoms with Crippen molar-refractivity contribution in [2.24, 2.45) is 0 Å². The number of furan rings is 1. The van der Waals surface area contributed by atoms with Gasteiger partial charge < -0.3 is 14.2 Å². The van der Waals surface area contributed by atoms with Gasteiger partial charge in [0.1, 0.15) is 11.2 Å². The molecule has 0 saturated heterocycles. The van der Waals surface area contributed by atoms with Gasteiger partial charge in [-0.3, -0.25) is 0 Å². The normalized spacial score (nSPS) is 12.4. The number of fused-ring (bicyclic) bond motifs is 6. The third-order valence-electron chi connectivity index (χ3n) is 9.19. The highest BCUT2D eigenvalue weighted by Gasteiger charge is 2.35. The molecule has 0 aliphatic rings. The van der Waals surface area contributed by atoms with E-state index in [9.17, 15) is 5.11 Å². The molecule has 0 bridgehead atoms. The van der Waals surface area contributed by atoms with Crippen molar-refractivity contribution < 1.29 is 14.2 Å². The first-order valence-electron chi connectivity index (χ1n) is 15.7. The molecule has 6 nitrogen and oxygen atoms in total.